The van der Waals surface area contributed by atoms with Crippen LogP contribution in [0.25, 0.3) is 22.0 Å². The normalized spacial score (nSPS) is 18.2. The Balaban J connectivity index is 1.73. The van der Waals surface area contributed by atoms with Crippen LogP contribution in [-0.4, -0.2) is 47.5 Å². The number of aromatic hydroxyl groups is 1. The van der Waals surface area contributed by atoms with Gasteiger partial charge in [-0.05, 0) is 87.5 Å². The molecule has 1 fully saturated rings. The van der Waals surface area contributed by atoms with Gasteiger partial charge in [-0.25, -0.2) is 4.39 Å². The Labute approximate surface area is 211 Å². The Kier molecular flexibility index (Phi) is 7.92. The van der Waals surface area contributed by atoms with Gasteiger partial charge in [0.25, 0.3) is 0 Å². The summed E-state index contributed by atoms with van der Waals surface area (Å²) in [7, 11) is 4.23. The largest absolute Gasteiger partial charge is 0.504 e. The van der Waals surface area contributed by atoms with Crippen LogP contribution in [0.5, 0.6) is 5.75 Å². The van der Waals surface area contributed by atoms with Crippen LogP contribution in [0.1, 0.15) is 55.8 Å². The van der Waals surface area contributed by atoms with Crippen LogP contribution in [0, 0.1) is 11.7 Å². The SMILES string of the molecule is CCCC(=O)c1cnc2ccc(-c3cc(F)c(O)c(Cl)c3)cc2c1NC1CCC(CN(C)C)CC1. The number of hydrogen-bond acceptors (Lipinski definition) is 5. The molecule has 5 nitrogen and oxygen atoms in total. The van der Waals surface area contributed by atoms with Gasteiger partial charge < -0.3 is 15.3 Å². The number of phenolic OH excluding ortho intramolecular Hbond substituents is 1. The summed E-state index contributed by atoms with van der Waals surface area (Å²) >= 11 is 6.03. The second-order valence-electron chi connectivity index (χ2n) is 9.86. The zero-order valence-corrected chi connectivity index (χ0v) is 21.3. The number of carbonyl (C=O) groups is 1. The Morgan fingerprint density at radius 3 is 2.57 bits per heavy atom. The number of carbonyl (C=O) groups excluding carboxylic acids is 1. The van der Waals surface area contributed by atoms with Gasteiger partial charge in [0.2, 0.25) is 0 Å². The zero-order valence-electron chi connectivity index (χ0n) is 20.6. The minimum atomic E-state index is -0.773. The Bertz CT molecular complexity index is 1200. The summed E-state index contributed by atoms with van der Waals surface area (Å²) < 4.78 is 14.2. The van der Waals surface area contributed by atoms with Gasteiger partial charge in [-0.2, -0.15) is 0 Å². The highest BCUT2D eigenvalue weighted by Crippen LogP contribution is 2.37. The highest BCUT2D eigenvalue weighted by molar-refractivity contribution is 6.32. The lowest BCUT2D eigenvalue weighted by molar-refractivity contribution is 0.0982. The predicted molar refractivity (Wildman–Crippen MR) is 141 cm³/mol. The van der Waals surface area contributed by atoms with Crippen molar-refractivity contribution in [3.05, 3.63) is 52.9 Å². The number of hydrogen-bond donors (Lipinski definition) is 2. The number of anilines is 1. The maximum absolute atomic E-state index is 14.2. The minimum absolute atomic E-state index is 0.0436. The first-order chi connectivity index (χ1) is 16.8. The molecule has 35 heavy (non-hydrogen) atoms. The van der Waals surface area contributed by atoms with E-state index in [1.165, 1.54) is 6.07 Å². The summed E-state index contributed by atoms with van der Waals surface area (Å²) in [5.74, 6) is -0.572. The molecule has 1 saturated carbocycles. The van der Waals surface area contributed by atoms with Gasteiger partial charge in [0.05, 0.1) is 21.8 Å². The van der Waals surface area contributed by atoms with Crippen LogP contribution >= 0.6 is 11.6 Å². The standard InChI is InChI=1S/C28H33ClFN3O2/c1-4-5-26(34)22-15-31-25-11-8-18(19-13-23(29)28(35)24(30)14-19)12-21(25)27(22)32-20-9-6-17(7-10-20)16-33(2)3/h8,11-15,17,20,35H,4-7,9-10,16H2,1-3H3,(H,31,32). The van der Waals surface area contributed by atoms with E-state index in [0.717, 1.165) is 60.8 Å². The molecule has 1 heterocycles. The average Bonchev–Trinajstić information content (AvgIpc) is 2.83. The van der Waals surface area contributed by atoms with Crippen LogP contribution in [0.4, 0.5) is 10.1 Å². The van der Waals surface area contributed by atoms with E-state index in [4.69, 9.17) is 11.6 Å². The van der Waals surface area contributed by atoms with Crippen LogP contribution in [-0.2, 0) is 0 Å². The number of ketones is 1. The fourth-order valence-electron chi connectivity index (χ4n) is 5.04. The molecule has 186 valence electrons. The maximum Gasteiger partial charge on any atom is 0.170 e. The lowest BCUT2D eigenvalue weighted by atomic mass is 9.85. The molecule has 4 rings (SSSR count). The third-order valence-corrected chi connectivity index (χ3v) is 7.10. The van der Waals surface area contributed by atoms with Gasteiger partial charge >= 0.3 is 0 Å². The van der Waals surface area contributed by atoms with E-state index in [-0.39, 0.29) is 16.8 Å². The molecule has 3 aromatic rings. The number of phenols is 1. The topological polar surface area (TPSA) is 65.5 Å². The van der Waals surface area contributed by atoms with E-state index in [9.17, 15) is 14.3 Å². The van der Waals surface area contributed by atoms with Crippen LogP contribution in [0.3, 0.4) is 0 Å². The van der Waals surface area contributed by atoms with Crippen LogP contribution in [0.15, 0.2) is 36.5 Å². The predicted octanol–water partition coefficient (Wildman–Crippen LogP) is 6.92. The smallest absolute Gasteiger partial charge is 0.170 e. The molecule has 2 aromatic carbocycles. The van der Waals surface area contributed by atoms with Crippen molar-refractivity contribution in [1.29, 1.82) is 0 Å². The summed E-state index contributed by atoms with van der Waals surface area (Å²) in [4.78, 5) is 19.8. The van der Waals surface area contributed by atoms with Crippen LogP contribution in [0.2, 0.25) is 5.02 Å². The Morgan fingerprint density at radius 1 is 1.17 bits per heavy atom. The molecule has 0 radical (unpaired) electrons. The van der Waals surface area contributed by atoms with Crippen molar-refractivity contribution in [3.8, 4) is 16.9 Å². The number of aromatic nitrogens is 1. The van der Waals surface area contributed by atoms with Gasteiger partial charge in [-0.15, -0.1) is 0 Å². The average molecular weight is 498 g/mol. The van der Waals surface area contributed by atoms with Crippen molar-refractivity contribution < 1.29 is 14.3 Å². The number of nitrogens with zero attached hydrogens (tertiary/aromatic N) is 2. The Hall–Kier alpha value is -2.70. The number of benzene rings is 2. The number of Topliss-reactive ketones (excluding diaryl/α,β-unsaturated/α-hetero) is 1. The first-order valence-corrected chi connectivity index (χ1v) is 12.7. The van der Waals surface area contributed by atoms with Crippen molar-refractivity contribution >= 4 is 34.0 Å². The number of pyridine rings is 1. The number of fused-ring (bicyclic) bond motifs is 1. The highest BCUT2D eigenvalue weighted by Gasteiger charge is 2.24. The number of halogens is 2. The molecule has 0 amide bonds. The van der Waals surface area contributed by atoms with E-state index in [1.807, 2.05) is 25.1 Å². The highest BCUT2D eigenvalue weighted by atomic mass is 35.5. The number of rotatable bonds is 8. The molecule has 1 aliphatic carbocycles. The fourth-order valence-corrected chi connectivity index (χ4v) is 5.25. The molecule has 1 aromatic heterocycles. The van der Waals surface area contributed by atoms with Crippen molar-refractivity contribution in [2.75, 3.05) is 26.0 Å². The van der Waals surface area contributed by atoms with E-state index in [2.05, 4.69) is 29.3 Å². The molecule has 0 bridgehead atoms. The third-order valence-electron chi connectivity index (χ3n) is 6.81. The summed E-state index contributed by atoms with van der Waals surface area (Å²) in [5, 5.41) is 14.2. The number of nitrogens with one attached hydrogen (secondary N) is 1. The van der Waals surface area contributed by atoms with E-state index < -0.39 is 11.6 Å². The Morgan fingerprint density at radius 2 is 1.91 bits per heavy atom. The molecule has 7 heteroatoms. The maximum atomic E-state index is 14.2. The molecule has 0 unspecified atom stereocenters. The van der Waals surface area contributed by atoms with E-state index in [1.54, 1.807) is 12.3 Å². The van der Waals surface area contributed by atoms with Crippen LogP contribution < -0.4 is 5.32 Å². The molecule has 2 N–H and O–H groups in total. The fraction of sp³-hybridized carbons (Fsp3) is 0.429. The summed E-state index contributed by atoms with van der Waals surface area (Å²) in [6, 6.07) is 8.72. The summed E-state index contributed by atoms with van der Waals surface area (Å²) in [6.07, 6.45) is 7.27. The molecule has 0 saturated heterocycles. The lowest BCUT2D eigenvalue weighted by Crippen LogP contribution is -2.31. The molecule has 1 aliphatic rings. The van der Waals surface area contributed by atoms with E-state index in [0.29, 0.717) is 23.5 Å². The van der Waals surface area contributed by atoms with Gasteiger partial charge in [-0.3, -0.25) is 9.78 Å². The van der Waals surface area contributed by atoms with E-state index >= 15 is 0 Å². The van der Waals surface area contributed by atoms with Crippen molar-refractivity contribution in [1.82, 2.24) is 9.88 Å². The van der Waals surface area contributed by atoms with Gasteiger partial charge in [0, 0.05) is 30.6 Å². The summed E-state index contributed by atoms with van der Waals surface area (Å²) in [6.45, 7) is 3.09. The molecular weight excluding hydrogens is 465 g/mol. The first kappa shape index (κ1) is 25.4. The second-order valence-corrected chi connectivity index (χ2v) is 10.3. The van der Waals surface area contributed by atoms with Crippen molar-refractivity contribution in [2.24, 2.45) is 5.92 Å². The molecular formula is C28H33ClFN3O2. The quantitative estimate of drug-likeness (QED) is 0.331. The minimum Gasteiger partial charge on any atom is -0.504 e. The van der Waals surface area contributed by atoms with Gasteiger partial charge in [0.15, 0.2) is 17.3 Å². The first-order valence-electron chi connectivity index (χ1n) is 12.3. The molecule has 0 aliphatic heterocycles. The molecule has 0 spiro atoms. The van der Waals surface area contributed by atoms with Crippen molar-refractivity contribution in [3.63, 3.8) is 0 Å². The van der Waals surface area contributed by atoms with Gasteiger partial charge in [-0.1, -0.05) is 24.6 Å². The van der Waals surface area contributed by atoms with Crippen molar-refractivity contribution in [2.45, 2.75) is 51.5 Å². The zero-order chi connectivity index (χ0) is 25.1. The molecule has 0 atom stereocenters. The monoisotopic (exact) mass is 497 g/mol. The second kappa shape index (κ2) is 10.9. The van der Waals surface area contributed by atoms with Gasteiger partial charge in [0.1, 0.15) is 0 Å². The lowest BCUT2D eigenvalue weighted by Gasteiger charge is -2.32. The summed E-state index contributed by atoms with van der Waals surface area (Å²) in [5.41, 5.74) is 3.44. The third kappa shape index (κ3) is 5.76.